The second-order valence-corrected chi connectivity index (χ2v) is 4.78. The third-order valence-corrected chi connectivity index (χ3v) is 4.32. The van der Waals surface area contributed by atoms with Crippen LogP contribution in [0.2, 0.25) is 0 Å². The van der Waals surface area contributed by atoms with Gasteiger partial charge in [0.2, 0.25) is 0 Å². The average Bonchev–Trinajstić information content (AvgIpc) is 2.14. The van der Waals surface area contributed by atoms with Crippen LogP contribution in [0.5, 0.6) is 0 Å². The number of carbonyl (C=O) groups is 1. The maximum absolute atomic E-state index is 11.3. The Balaban J connectivity index is 4.39. The molecule has 0 rings (SSSR count). The van der Waals surface area contributed by atoms with E-state index in [0.29, 0.717) is 13.0 Å². The van der Waals surface area contributed by atoms with Crippen LogP contribution in [0.1, 0.15) is 27.2 Å². The molecule has 82 valence electrons. The normalized spacial score (nSPS) is 12.8. The van der Waals surface area contributed by atoms with E-state index in [9.17, 15) is 4.79 Å². The van der Waals surface area contributed by atoms with Crippen molar-refractivity contribution in [3.8, 4) is 0 Å². The van der Waals surface area contributed by atoms with Crippen LogP contribution in [0.25, 0.3) is 0 Å². The third-order valence-electron chi connectivity index (χ3n) is 1.83. The van der Waals surface area contributed by atoms with Gasteiger partial charge in [0, 0.05) is 15.6 Å². The first-order chi connectivity index (χ1) is 6.47. The second-order valence-electron chi connectivity index (χ2n) is 3.53. The fourth-order valence-corrected chi connectivity index (χ4v) is 2.07. The largest absolute Gasteiger partial charge is 0.466 e. The van der Waals surface area contributed by atoms with Gasteiger partial charge < -0.3 is 4.74 Å². The summed E-state index contributed by atoms with van der Waals surface area (Å²) in [6.45, 7) is 6.40. The van der Waals surface area contributed by atoms with Crippen LogP contribution in [0.15, 0.2) is 3.21 Å². The zero-order valence-electron chi connectivity index (χ0n) is 8.64. The van der Waals surface area contributed by atoms with Gasteiger partial charge in [0.15, 0.2) is 0 Å². The molecule has 0 N–H and O–H groups in total. The Hall–Kier alpha value is 0.600. The molecular weight excluding hydrogens is 408 g/mol. The number of hydrogen-bond donors (Lipinski definition) is 0. The number of esters is 1. The van der Waals surface area contributed by atoms with Crippen LogP contribution in [-0.4, -0.2) is 22.7 Å². The van der Waals surface area contributed by atoms with Gasteiger partial charge in [0.1, 0.15) is 0 Å². The summed E-state index contributed by atoms with van der Waals surface area (Å²) in [6.07, 6.45) is 0.298. The summed E-state index contributed by atoms with van der Waals surface area (Å²) < 4.78 is 9.96. The highest BCUT2D eigenvalue weighted by Gasteiger charge is 2.25. The van der Waals surface area contributed by atoms with Crippen LogP contribution in [0.3, 0.4) is 0 Å². The van der Waals surface area contributed by atoms with Crippen molar-refractivity contribution >= 4 is 57.1 Å². The average molecular weight is 423 g/mol. The van der Waals surface area contributed by atoms with Crippen molar-refractivity contribution in [2.24, 2.45) is 8.62 Å². The molecule has 0 aliphatic rings. The first kappa shape index (κ1) is 14.6. The molecule has 0 unspecified atom stereocenters. The fourth-order valence-electron chi connectivity index (χ4n) is 0.809. The van der Waals surface area contributed by atoms with Crippen molar-refractivity contribution in [3.05, 3.63) is 0 Å². The molecule has 0 aliphatic carbocycles. The maximum Gasteiger partial charge on any atom is 0.311 e. The lowest BCUT2D eigenvalue weighted by atomic mass is 9.88. The molecule has 0 aromatic carbocycles. The standard InChI is InChI=1S/C9H15I2NO2/c1-4-14-8(13)5-7(12-11)9(2,3)6-10/h4-6H2,1-3H3/b12-7+. The maximum atomic E-state index is 11.3. The molecule has 0 spiro atoms. The van der Waals surface area contributed by atoms with Crippen molar-refractivity contribution in [2.75, 3.05) is 11.0 Å². The number of carbonyl (C=O) groups excluding carboxylic acids is 1. The molecule has 0 amide bonds. The molecule has 0 aliphatic heterocycles. The van der Waals surface area contributed by atoms with E-state index in [1.807, 2.05) is 29.8 Å². The van der Waals surface area contributed by atoms with Gasteiger partial charge >= 0.3 is 5.97 Å². The lowest BCUT2D eigenvalue weighted by Gasteiger charge is -2.22. The lowest BCUT2D eigenvalue weighted by Crippen LogP contribution is -2.28. The third kappa shape index (κ3) is 4.90. The topological polar surface area (TPSA) is 38.7 Å². The Bertz CT molecular complexity index is 227. The monoisotopic (exact) mass is 423 g/mol. The lowest BCUT2D eigenvalue weighted by molar-refractivity contribution is -0.141. The van der Waals surface area contributed by atoms with E-state index in [0.717, 1.165) is 10.1 Å². The van der Waals surface area contributed by atoms with Crippen molar-refractivity contribution in [1.82, 2.24) is 0 Å². The second kappa shape index (κ2) is 6.97. The highest BCUT2D eigenvalue weighted by Crippen LogP contribution is 2.24. The van der Waals surface area contributed by atoms with Crippen LogP contribution in [-0.2, 0) is 9.53 Å². The number of hydrogen-bond acceptors (Lipinski definition) is 3. The van der Waals surface area contributed by atoms with Gasteiger partial charge in [-0.15, -0.1) is 0 Å². The molecule has 3 nitrogen and oxygen atoms in total. The quantitative estimate of drug-likeness (QED) is 0.295. The minimum absolute atomic E-state index is 0.0332. The summed E-state index contributed by atoms with van der Waals surface area (Å²) in [5.74, 6) is -0.194. The van der Waals surface area contributed by atoms with E-state index in [2.05, 4.69) is 39.6 Å². The predicted molar refractivity (Wildman–Crippen MR) is 75.4 cm³/mol. The van der Waals surface area contributed by atoms with Crippen molar-refractivity contribution in [1.29, 1.82) is 0 Å². The molecule has 0 saturated carbocycles. The van der Waals surface area contributed by atoms with E-state index < -0.39 is 0 Å². The zero-order valence-corrected chi connectivity index (χ0v) is 13.0. The summed E-state index contributed by atoms with van der Waals surface area (Å²) in [7, 11) is 0. The highest BCUT2D eigenvalue weighted by atomic mass is 127. The van der Waals surface area contributed by atoms with Crippen molar-refractivity contribution in [2.45, 2.75) is 27.2 Å². The predicted octanol–water partition coefficient (Wildman–Crippen LogP) is 3.19. The van der Waals surface area contributed by atoms with E-state index >= 15 is 0 Å². The van der Waals surface area contributed by atoms with Gasteiger partial charge in [-0.05, 0) is 6.92 Å². The van der Waals surface area contributed by atoms with Crippen molar-refractivity contribution in [3.63, 3.8) is 0 Å². The number of nitrogens with zero attached hydrogens (tertiary/aromatic N) is 1. The number of halogens is 2. The minimum atomic E-state index is -0.194. The molecular formula is C9H15I2NO2. The van der Waals surface area contributed by atoms with Gasteiger partial charge in [0.25, 0.3) is 0 Å². The zero-order chi connectivity index (χ0) is 11.2. The number of rotatable bonds is 5. The summed E-state index contributed by atoms with van der Waals surface area (Å²) >= 11 is 4.24. The first-order valence-corrected chi connectivity index (χ1v) is 6.87. The Morgan fingerprint density at radius 2 is 2.07 bits per heavy atom. The van der Waals surface area contributed by atoms with Crippen LogP contribution in [0, 0.1) is 5.41 Å². The molecule has 5 heteroatoms. The highest BCUT2D eigenvalue weighted by molar-refractivity contribution is 14.1. The van der Waals surface area contributed by atoms with Gasteiger partial charge in [0.05, 0.1) is 35.9 Å². The number of ether oxygens (including phenoxy) is 1. The molecule has 0 bridgehead atoms. The summed E-state index contributed by atoms with van der Waals surface area (Å²) in [5, 5.41) is 0. The van der Waals surface area contributed by atoms with E-state index in [1.54, 1.807) is 0 Å². The first-order valence-electron chi connectivity index (χ1n) is 4.37. The van der Waals surface area contributed by atoms with Gasteiger partial charge in [-0.2, -0.15) is 0 Å². The van der Waals surface area contributed by atoms with E-state index in [1.165, 1.54) is 0 Å². The van der Waals surface area contributed by atoms with E-state index in [-0.39, 0.29) is 11.4 Å². The SMILES string of the molecule is CCOC(=O)C/C(=N\I)C(C)(C)CI. The summed E-state index contributed by atoms with van der Waals surface area (Å²) in [4.78, 5) is 11.3. The van der Waals surface area contributed by atoms with Crippen LogP contribution < -0.4 is 0 Å². The Morgan fingerprint density at radius 3 is 2.43 bits per heavy atom. The fraction of sp³-hybridized carbons (Fsp3) is 0.778. The molecule has 0 radical (unpaired) electrons. The smallest absolute Gasteiger partial charge is 0.311 e. The van der Waals surface area contributed by atoms with Crippen molar-refractivity contribution < 1.29 is 9.53 Å². The Kier molecular flexibility index (Phi) is 7.27. The van der Waals surface area contributed by atoms with Gasteiger partial charge in [-0.3, -0.25) is 4.79 Å². The molecule has 0 saturated heterocycles. The Labute approximate surface area is 113 Å². The van der Waals surface area contributed by atoms with Crippen LogP contribution >= 0.6 is 45.5 Å². The molecule has 0 aromatic heterocycles. The Morgan fingerprint density at radius 1 is 1.50 bits per heavy atom. The molecule has 14 heavy (non-hydrogen) atoms. The van der Waals surface area contributed by atoms with Gasteiger partial charge in [-0.1, -0.05) is 36.4 Å². The minimum Gasteiger partial charge on any atom is -0.466 e. The summed E-state index contributed by atoms with van der Waals surface area (Å²) in [6, 6.07) is 0. The number of alkyl halides is 1. The van der Waals surface area contributed by atoms with Gasteiger partial charge in [-0.25, -0.2) is 3.21 Å². The van der Waals surface area contributed by atoms with Crippen LogP contribution in [0.4, 0.5) is 0 Å². The molecule has 0 heterocycles. The summed E-state index contributed by atoms with van der Waals surface area (Å²) in [5.41, 5.74) is 0.861. The van der Waals surface area contributed by atoms with E-state index in [4.69, 9.17) is 4.74 Å². The molecule has 0 aromatic rings. The molecule has 0 atom stereocenters. The molecule has 0 fully saturated rings.